The second-order valence-electron chi connectivity index (χ2n) is 7.54. The first-order valence-corrected chi connectivity index (χ1v) is 10.0. The number of aliphatic hydroxyl groups excluding tert-OH is 1. The van der Waals surface area contributed by atoms with Crippen molar-refractivity contribution in [3.63, 3.8) is 0 Å². The van der Waals surface area contributed by atoms with Crippen LogP contribution in [0.1, 0.15) is 5.56 Å². The van der Waals surface area contributed by atoms with Crippen LogP contribution in [-0.2, 0) is 6.54 Å². The van der Waals surface area contributed by atoms with Gasteiger partial charge in [-0.2, -0.15) is 0 Å². The fourth-order valence-electron chi connectivity index (χ4n) is 3.77. The zero-order valence-electron chi connectivity index (χ0n) is 17.0. The maximum atomic E-state index is 10.4. The van der Waals surface area contributed by atoms with E-state index in [0.717, 1.165) is 43.9 Å². The van der Waals surface area contributed by atoms with Crippen molar-refractivity contribution in [1.82, 2.24) is 9.80 Å². The quantitative estimate of drug-likeness (QED) is 0.586. The first-order valence-electron chi connectivity index (χ1n) is 10.0. The molecule has 3 aromatic carbocycles. The van der Waals surface area contributed by atoms with Gasteiger partial charge < -0.3 is 9.84 Å². The topological polar surface area (TPSA) is 35.9 Å². The number of rotatable bonds is 7. The number of benzene rings is 3. The lowest BCUT2D eigenvalue weighted by molar-refractivity contribution is 0.0446. The third kappa shape index (κ3) is 6.86. The second kappa shape index (κ2) is 12.1. The molecule has 1 N–H and O–H groups in total. The van der Waals surface area contributed by atoms with E-state index in [4.69, 9.17) is 4.74 Å². The lowest BCUT2D eigenvalue weighted by Crippen LogP contribution is -2.48. The van der Waals surface area contributed by atoms with Crippen LogP contribution in [0.3, 0.4) is 0 Å². The number of aliphatic hydroxyl groups is 1. The van der Waals surface area contributed by atoms with Gasteiger partial charge >= 0.3 is 0 Å². The van der Waals surface area contributed by atoms with Gasteiger partial charge in [0.25, 0.3) is 0 Å². The predicted molar refractivity (Wildman–Crippen MR) is 128 cm³/mol. The Bertz CT molecular complexity index is 887. The van der Waals surface area contributed by atoms with Crippen LogP contribution in [0.25, 0.3) is 10.8 Å². The maximum Gasteiger partial charge on any atom is 0.120 e. The minimum absolute atomic E-state index is 0. The SMILES string of the molecule is Cl.Cl.OC(COc1ccc2ccccc2c1)CN1CCN(Cc2ccccc2)CC1. The molecule has 1 aliphatic rings. The summed E-state index contributed by atoms with van der Waals surface area (Å²) in [6.45, 7) is 6.03. The van der Waals surface area contributed by atoms with Crippen molar-refractivity contribution < 1.29 is 9.84 Å². The monoisotopic (exact) mass is 448 g/mol. The Morgan fingerprint density at radius 3 is 2.13 bits per heavy atom. The number of piperazine rings is 1. The first kappa shape index (κ1) is 24.4. The van der Waals surface area contributed by atoms with Gasteiger partial charge in [0.2, 0.25) is 0 Å². The molecular weight excluding hydrogens is 419 g/mol. The maximum absolute atomic E-state index is 10.4. The molecule has 0 amide bonds. The molecule has 162 valence electrons. The molecule has 6 heteroatoms. The number of β-amino-alcohol motifs (C(OH)–C–C–N with tert-alkyl or cyclic N) is 1. The van der Waals surface area contributed by atoms with Gasteiger partial charge in [-0.15, -0.1) is 24.8 Å². The number of halogens is 2. The average Bonchev–Trinajstić information content (AvgIpc) is 2.74. The molecule has 0 radical (unpaired) electrons. The second-order valence-corrected chi connectivity index (χ2v) is 7.54. The van der Waals surface area contributed by atoms with Crippen molar-refractivity contribution in [3.05, 3.63) is 78.4 Å². The van der Waals surface area contributed by atoms with Crippen LogP contribution < -0.4 is 4.74 Å². The molecule has 0 aliphatic carbocycles. The highest BCUT2D eigenvalue weighted by molar-refractivity contribution is 5.85. The van der Waals surface area contributed by atoms with Crippen LogP contribution in [0, 0.1) is 0 Å². The van der Waals surface area contributed by atoms with E-state index in [1.807, 2.05) is 24.3 Å². The average molecular weight is 449 g/mol. The van der Waals surface area contributed by atoms with Crippen LogP contribution >= 0.6 is 24.8 Å². The Morgan fingerprint density at radius 2 is 1.40 bits per heavy atom. The van der Waals surface area contributed by atoms with Gasteiger partial charge in [-0.05, 0) is 28.5 Å². The van der Waals surface area contributed by atoms with E-state index >= 15 is 0 Å². The first-order chi connectivity index (χ1) is 13.8. The Hall–Kier alpha value is -1.82. The zero-order valence-corrected chi connectivity index (χ0v) is 18.7. The molecule has 1 atom stereocenters. The molecule has 1 heterocycles. The molecule has 1 fully saturated rings. The summed E-state index contributed by atoms with van der Waals surface area (Å²) in [5.41, 5.74) is 1.36. The summed E-state index contributed by atoms with van der Waals surface area (Å²) < 4.78 is 5.83. The summed E-state index contributed by atoms with van der Waals surface area (Å²) in [6.07, 6.45) is -0.479. The van der Waals surface area contributed by atoms with Crippen LogP contribution in [0.15, 0.2) is 72.8 Å². The Balaban J connectivity index is 0.00000160. The van der Waals surface area contributed by atoms with E-state index in [1.165, 1.54) is 10.9 Å². The zero-order chi connectivity index (χ0) is 19.2. The highest BCUT2D eigenvalue weighted by Gasteiger charge is 2.19. The standard InChI is InChI=1S/C24H28N2O2.2ClH/c27-23(19-28-24-11-10-21-8-4-5-9-22(21)16-24)18-26-14-12-25(13-15-26)17-20-6-2-1-3-7-20;;/h1-11,16,23,27H,12-15,17-19H2;2*1H. The summed E-state index contributed by atoms with van der Waals surface area (Å²) in [5.74, 6) is 0.811. The molecule has 30 heavy (non-hydrogen) atoms. The number of ether oxygens (including phenoxy) is 1. The number of hydrogen-bond acceptors (Lipinski definition) is 4. The van der Waals surface area contributed by atoms with E-state index < -0.39 is 6.10 Å². The molecule has 0 bridgehead atoms. The van der Waals surface area contributed by atoms with E-state index in [9.17, 15) is 5.11 Å². The molecule has 3 aromatic rings. The van der Waals surface area contributed by atoms with Crippen molar-refractivity contribution in [2.45, 2.75) is 12.6 Å². The molecule has 0 aromatic heterocycles. The molecule has 0 spiro atoms. The summed E-state index contributed by atoms with van der Waals surface area (Å²) >= 11 is 0. The van der Waals surface area contributed by atoms with Crippen LogP contribution in [0.5, 0.6) is 5.75 Å². The van der Waals surface area contributed by atoms with Gasteiger partial charge in [0.15, 0.2) is 0 Å². The normalized spacial score (nSPS) is 15.8. The lowest BCUT2D eigenvalue weighted by Gasteiger charge is -2.35. The van der Waals surface area contributed by atoms with E-state index in [-0.39, 0.29) is 24.8 Å². The molecule has 4 rings (SSSR count). The summed E-state index contributed by atoms with van der Waals surface area (Å²) in [7, 11) is 0. The fraction of sp³-hybridized carbons (Fsp3) is 0.333. The number of hydrogen-bond donors (Lipinski definition) is 1. The molecule has 1 saturated heterocycles. The van der Waals surface area contributed by atoms with Gasteiger partial charge in [0, 0.05) is 39.3 Å². The third-order valence-corrected chi connectivity index (χ3v) is 5.35. The summed E-state index contributed by atoms with van der Waals surface area (Å²) in [6, 6.07) is 24.9. The van der Waals surface area contributed by atoms with Crippen LogP contribution in [0.2, 0.25) is 0 Å². The minimum Gasteiger partial charge on any atom is -0.491 e. The molecule has 0 saturated carbocycles. The molecule has 4 nitrogen and oxygen atoms in total. The fourth-order valence-corrected chi connectivity index (χ4v) is 3.77. The summed E-state index contributed by atoms with van der Waals surface area (Å²) in [5, 5.41) is 12.8. The lowest BCUT2D eigenvalue weighted by atomic mass is 10.1. The number of fused-ring (bicyclic) bond motifs is 1. The summed E-state index contributed by atoms with van der Waals surface area (Å²) in [4.78, 5) is 4.81. The predicted octanol–water partition coefficient (Wildman–Crippen LogP) is 4.24. The van der Waals surface area contributed by atoms with Crippen molar-refractivity contribution >= 4 is 35.6 Å². The van der Waals surface area contributed by atoms with Gasteiger partial charge in [-0.1, -0.05) is 60.7 Å². The van der Waals surface area contributed by atoms with Crippen molar-refractivity contribution in [1.29, 1.82) is 0 Å². The van der Waals surface area contributed by atoms with E-state index in [0.29, 0.717) is 13.2 Å². The third-order valence-electron chi connectivity index (χ3n) is 5.35. The Morgan fingerprint density at radius 1 is 0.767 bits per heavy atom. The molecule has 1 aliphatic heterocycles. The van der Waals surface area contributed by atoms with E-state index in [2.05, 4.69) is 58.3 Å². The molecular formula is C24H30Cl2N2O2. The van der Waals surface area contributed by atoms with Gasteiger partial charge in [-0.25, -0.2) is 0 Å². The van der Waals surface area contributed by atoms with E-state index in [1.54, 1.807) is 0 Å². The van der Waals surface area contributed by atoms with Gasteiger partial charge in [-0.3, -0.25) is 9.80 Å². The van der Waals surface area contributed by atoms with Gasteiger partial charge in [0.05, 0.1) is 0 Å². The Labute approximate surface area is 191 Å². The van der Waals surface area contributed by atoms with Crippen LogP contribution in [0.4, 0.5) is 0 Å². The minimum atomic E-state index is -0.479. The number of nitrogens with zero attached hydrogens (tertiary/aromatic N) is 2. The van der Waals surface area contributed by atoms with Crippen molar-refractivity contribution in [2.24, 2.45) is 0 Å². The highest BCUT2D eigenvalue weighted by Crippen LogP contribution is 2.20. The molecule has 1 unspecified atom stereocenters. The Kier molecular flexibility index (Phi) is 9.89. The largest absolute Gasteiger partial charge is 0.491 e. The van der Waals surface area contributed by atoms with Crippen LogP contribution in [-0.4, -0.2) is 60.3 Å². The van der Waals surface area contributed by atoms with Gasteiger partial charge in [0.1, 0.15) is 18.5 Å². The van der Waals surface area contributed by atoms with Crippen molar-refractivity contribution in [2.75, 3.05) is 39.3 Å². The van der Waals surface area contributed by atoms with Crippen molar-refractivity contribution in [3.8, 4) is 5.75 Å². The highest BCUT2D eigenvalue weighted by atomic mass is 35.5. The smallest absolute Gasteiger partial charge is 0.120 e.